The molecule has 0 saturated heterocycles. The highest BCUT2D eigenvalue weighted by Crippen LogP contribution is 2.29. The van der Waals surface area contributed by atoms with Gasteiger partial charge in [-0.2, -0.15) is 18.3 Å². The van der Waals surface area contributed by atoms with Crippen LogP contribution in [0.5, 0.6) is 0 Å². The fourth-order valence-corrected chi connectivity index (χ4v) is 1.63. The van der Waals surface area contributed by atoms with E-state index in [1.165, 1.54) is 17.1 Å². The molecule has 4 nitrogen and oxygen atoms in total. The molecule has 2 N–H and O–H groups in total. The second kappa shape index (κ2) is 5.00. The highest BCUT2D eigenvalue weighted by atomic mass is 19.4. The minimum atomic E-state index is -4.34. The largest absolute Gasteiger partial charge is 0.416 e. The van der Waals surface area contributed by atoms with E-state index < -0.39 is 11.7 Å². The van der Waals surface area contributed by atoms with Crippen molar-refractivity contribution >= 4 is 0 Å². The van der Waals surface area contributed by atoms with Gasteiger partial charge in [0.1, 0.15) is 6.33 Å². The van der Waals surface area contributed by atoms with E-state index in [1.54, 1.807) is 13.0 Å². The lowest BCUT2D eigenvalue weighted by atomic mass is 10.1. The second-order valence-electron chi connectivity index (χ2n) is 4.29. The normalized spacial score (nSPS) is 13.5. The van der Waals surface area contributed by atoms with Crippen LogP contribution in [0.3, 0.4) is 0 Å². The van der Waals surface area contributed by atoms with Gasteiger partial charge < -0.3 is 5.73 Å². The molecule has 0 fully saturated rings. The molecular weight excluding hydrogens is 257 g/mol. The first-order valence-electron chi connectivity index (χ1n) is 5.67. The standard InChI is InChI=1S/C12H13F3N4/c1-8(16)11-17-7-19(18-11)6-9-3-2-4-10(5-9)12(13,14)15/h2-5,7-8H,6,16H2,1H3. The number of aromatic nitrogens is 3. The third kappa shape index (κ3) is 3.31. The number of hydrogen-bond acceptors (Lipinski definition) is 3. The van der Waals surface area contributed by atoms with Crippen LogP contribution < -0.4 is 5.73 Å². The van der Waals surface area contributed by atoms with Crippen LogP contribution in [0.1, 0.15) is 29.9 Å². The van der Waals surface area contributed by atoms with Gasteiger partial charge in [0.2, 0.25) is 0 Å². The Labute approximate surface area is 108 Å². The van der Waals surface area contributed by atoms with E-state index in [0.717, 1.165) is 12.1 Å². The van der Waals surface area contributed by atoms with Crippen LogP contribution in [0, 0.1) is 0 Å². The average molecular weight is 270 g/mol. The van der Waals surface area contributed by atoms with Crippen molar-refractivity contribution in [3.8, 4) is 0 Å². The molecule has 1 aromatic heterocycles. The molecule has 19 heavy (non-hydrogen) atoms. The summed E-state index contributed by atoms with van der Waals surface area (Å²) in [7, 11) is 0. The van der Waals surface area contributed by atoms with Crippen LogP contribution in [0.2, 0.25) is 0 Å². The van der Waals surface area contributed by atoms with E-state index in [-0.39, 0.29) is 12.6 Å². The van der Waals surface area contributed by atoms with Crippen LogP contribution in [-0.2, 0) is 12.7 Å². The maximum atomic E-state index is 12.6. The Bertz CT molecular complexity index is 560. The molecule has 7 heteroatoms. The molecule has 1 atom stereocenters. The summed E-state index contributed by atoms with van der Waals surface area (Å²) in [6.07, 6.45) is -2.88. The molecule has 0 spiro atoms. The van der Waals surface area contributed by atoms with Crippen LogP contribution in [0.15, 0.2) is 30.6 Å². The van der Waals surface area contributed by atoms with E-state index in [0.29, 0.717) is 11.4 Å². The van der Waals surface area contributed by atoms with Crippen molar-refractivity contribution in [2.24, 2.45) is 5.73 Å². The Morgan fingerprint density at radius 3 is 2.68 bits per heavy atom. The van der Waals surface area contributed by atoms with Crippen molar-refractivity contribution in [2.45, 2.75) is 25.7 Å². The van der Waals surface area contributed by atoms with Crippen molar-refractivity contribution in [3.63, 3.8) is 0 Å². The lowest BCUT2D eigenvalue weighted by molar-refractivity contribution is -0.137. The van der Waals surface area contributed by atoms with Gasteiger partial charge in [-0.15, -0.1) is 0 Å². The number of hydrogen-bond donors (Lipinski definition) is 1. The third-order valence-electron chi connectivity index (χ3n) is 2.56. The van der Waals surface area contributed by atoms with Crippen LogP contribution in [0.4, 0.5) is 13.2 Å². The van der Waals surface area contributed by atoms with Gasteiger partial charge in [0, 0.05) is 0 Å². The third-order valence-corrected chi connectivity index (χ3v) is 2.56. The summed E-state index contributed by atoms with van der Waals surface area (Å²) in [4.78, 5) is 3.99. The van der Waals surface area contributed by atoms with Crippen LogP contribution in [-0.4, -0.2) is 14.8 Å². The van der Waals surface area contributed by atoms with Crippen molar-refractivity contribution in [2.75, 3.05) is 0 Å². The molecule has 0 aliphatic heterocycles. The fourth-order valence-electron chi connectivity index (χ4n) is 1.63. The number of nitrogens with two attached hydrogens (primary N) is 1. The average Bonchev–Trinajstić information content (AvgIpc) is 2.77. The van der Waals surface area contributed by atoms with Crippen molar-refractivity contribution < 1.29 is 13.2 Å². The van der Waals surface area contributed by atoms with E-state index in [2.05, 4.69) is 10.1 Å². The van der Waals surface area contributed by atoms with Gasteiger partial charge in [-0.05, 0) is 24.6 Å². The molecule has 1 unspecified atom stereocenters. The topological polar surface area (TPSA) is 56.7 Å². The maximum absolute atomic E-state index is 12.6. The summed E-state index contributed by atoms with van der Waals surface area (Å²) in [6, 6.07) is 4.83. The monoisotopic (exact) mass is 270 g/mol. The molecule has 0 aliphatic carbocycles. The Hall–Kier alpha value is -1.89. The van der Waals surface area contributed by atoms with Gasteiger partial charge in [-0.25, -0.2) is 9.67 Å². The Kier molecular flexibility index (Phi) is 3.57. The molecule has 102 valence electrons. The quantitative estimate of drug-likeness (QED) is 0.931. The van der Waals surface area contributed by atoms with Crippen molar-refractivity contribution in [1.82, 2.24) is 14.8 Å². The summed E-state index contributed by atoms with van der Waals surface area (Å²) < 4.78 is 39.2. The van der Waals surface area contributed by atoms with Gasteiger partial charge in [0.25, 0.3) is 0 Å². The van der Waals surface area contributed by atoms with Gasteiger partial charge in [-0.1, -0.05) is 12.1 Å². The van der Waals surface area contributed by atoms with Gasteiger partial charge >= 0.3 is 6.18 Å². The molecule has 1 heterocycles. The second-order valence-corrected chi connectivity index (χ2v) is 4.29. The molecule has 0 bridgehead atoms. The zero-order valence-electron chi connectivity index (χ0n) is 10.2. The smallest absolute Gasteiger partial charge is 0.321 e. The molecule has 0 amide bonds. The van der Waals surface area contributed by atoms with Crippen LogP contribution in [0.25, 0.3) is 0 Å². The lowest BCUT2D eigenvalue weighted by Gasteiger charge is -2.08. The molecule has 1 aromatic carbocycles. The van der Waals surface area contributed by atoms with Crippen LogP contribution >= 0.6 is 0 Å². The van der Waals surface area contributed by atoms with E-state index in [9.17, 15) is 13.2 Å². The van der Waals surface area contributed by atoms with E-state index in [4.69, 9.17) is 5.73 Å². The number of rotatable bonds is 3. The number of benzene rings is 1. The van der Waals surface area contributed by atoms with Crippen molar-refractivity contribution in [3.05, 3.63) is 47.5 Å². The fraction of sp³-hybridized carbons (Fsp3) is 0.333. The minimum Gasteiger partial charge on any atom is -0.321 e. The first-order valence-corrected chi connectivity index (χ1v) is 5.67. The highest BCUT2D eigenvalue weighted by Gasteiger charge is 2.30. The number of nitrogens with zero attached hydrogens (tertiary/aromatic N) is 3. The molecule has 2 aromatic rings. The summed E-state index contributed by atoms with van der Waals surface area (Å²) in [5, 5.41) is 4.10. The molecule has 0 radical (unpaired) electrons. The van der Waals surface area contributed by atoms with Gasteiger partial charge in [-0.3, -0.25) is 0 Å². The first kappa shape index (κ1) is 13.5. The molecule has 0 saturated carbocycles. The summed E-state index contributed by atoms with van der Waals surface area (Å²) in [6.45, 7) is 1.97. The Morgan fingerprint density at radius 2 is 2.11 bits per heavy atom. The highest BCUT2D eigenvalue weighted by molar-refractivity contribution is 5.25. The van der Waals surface area contributed by atoms with Gasteiger partial charge in [0.15, 0.2) is 5.82 Å². The lowest BCUT2D eigenvalue weighted by Crippen LogP contribution is -2.09. The van der Waals surface area contributed by atoms with E-state index in [1.807, 2.05) is 0 Å². The summed E-state index contributed by atoms with van der Waals surface area (Å²) >= 11 is 0. The number of halogens is 3. The minimum absolute atomic E-state index is 0.226. The zero-order chi connectivity index (χ0) is 14.0. The molecular formula is C12H13F3N4. The van der Waals surface area contributed by atoms with Crippen molar-refractivity contribution in [1.29, 1.82) is 0 Å². The Morgan fingerprint density at radius 1 is 1.37 bits per heavy atom. The molecule has 0 aliphatic rings. The molecule has 2 rings (SSSR count). The zero-order valence-corrected chi connectivity index (χ0v) is 10.2. The predicted octanol–water partition coefficient (Wildman–Crippen LogP) is 2.36. The predicted molar refractivity (Wildman–Crippen MR) is 63.2 cm³/mol. The number of alkyl halides is 3. The first-order chi connectivity index (χ1) is 8.86. The summed E-state index contributed by atoms with van der Waals surface area (Å²) in [5.41, 5.74) is 5.46. The van der Waals surface area contributed by atoms with Gasteiger partial charge in [0.05, 0.1) is 18.2 Å². The van der Waals surface area contributed by atoms with E-state index >= 15 is 0 Å². The maximum Gasteiger partial charge on any atom is 0.416 e. The SMILES string of the molecule is CC(N)c1ncn(Cc2cccc(C(F)(F)F)c2)n1. The Balaban J connectivity index is 2.19. The summed E-state index contributed by atoms with van der Waals surface area (Å²) in [5.74, 6) is 0.465.